The van der Waals surface area contributed by atoms with Crippen molar-refractivity contribution < 1.29 is 34.7 Å². The molecule has 0 saturated heterocycles. The molecule has 0 unspecified atom stereocenters. The average molecular weight is 444 g/mol. The first-order chi connectivity index (χ1) is 11.0. The molecular weight excluding hydrogens is 431 g/mol. The minimum absolute atomic E-state index is 0. The van der Waals surface area contributed by atoms with Gasteiger partial charge in [-0.25, -0.2) is 8.42 Å². The average Bonchev–Trinajstić information content (AvgIpc) is 3.10. The monoisotopic (exact) mass is 443 g/mol. The van der Waals surface area contributed by atoms with Gasteiger partial charge in [-0.2, -0.15) is 0 Å². The van der Waals surface area contributed by atoms with E-state index in [1.54, 1.807) is 24.7 Å². The zero-order valence-electron chi connectivity index (χ0n) is 12.0. The zero-order chi connectivity index (χ0) is 16.7. The van der Waals surface area contributed by atoms with Crippen LogP contribution < -0.4 is 8.46 Å². The zero-order valence-corrected chi connectivity index (χ0v) is 14.4. The fraction of sp³-hybridized carbons (Fsp3) is 0. The molecule has 3 heterocycles. The van der Waals surface area contributed by atoms with Crippen LogP contribution in [0, 0.1) is 0 Å². The van der Waals surface area contributed by atoms with Crippen LogP contribution in [0.1, 0.15) is 0 Å². The number of rotatable bonds is 3. The summed E-state index contributed by atoms with van der Waals surface area (Å²) in [6.07, 6.45) is 7.57. The van der Waals surface area contributed by atoms with Crippen molar-refractivity contribution in [2.24, 2.45) is 0 Å². The Hall–Kier alpha value is -2.23. The topological polar surface area (TPSA) is 169 Å². The maximum absolute atomic E-state index is 10.2. The number of H-pyrrole nitrogens is 1. The molecule has 0 bridgehead atoms. The Morgan fingerprint density at radius 2 is 1.88 bits per heavy atom. The Morgan fingerprint density at radius 3 is 2.33 bits per heavy atom. The van der Waals surface area contributed by atoms with Crippen molar-refractivity contribution in [2.45, 2.75) is 4.90 Å². The van der Waals surface area contributed by atoms with Crippen LogP contribution >= 0.6 is 0 Å². The predicted molar refractivity (Wildman–Crippen MR) is 80.6 cm³/mol. The third kappa shape index (κ3) is 5.76. The Morgan fingerprint density at radius 1 is 1.17 bits per heavy atom. The molecule has 0 atom stereocenters. The molecule has 10 nitrogen and oxygen atoms in total. The molecule has 0 fully saturated rings. The molecule has 0 radical (unpaired) electrons. The molecule has 3 aromatic heterocycles. The van der Waals surface area contributed by atoms with Gasteiger partial charge in [-0.1, -0.05) is 0 Å². The van der Waals surface area contributed by atoms with E-state index in [1.165, 1.54) is 18.3 Å². The Labute approximate surface area is 142 Å². The van der Waals surface area contributed by atoms with Gasteiger partial charge >= 0.3 is 79.8 Å². The van der Waals surface area contributed by atoms with Gasteiger partial charge in [0.05, 0.1) is 4.90 Å². The van der Waals surface area contributed by atoms with E-state index in [1.807, 2.05) is 0 Å². The summed E-state index contributed by atoms with van der Waals surface area (Å²) in [4.78, 5) is 15.5. The molecule has 0 aliphatic rings. The van der Waals surface area contributed by atoms with Gasteiger partial charge < -0.3 is 10.0 Å². The summed E-state index contributed by atoms with van der Waals surface area (Å²) in [5.41, 5.74) is 0. The van der Waals surface area contributed by atoms with Gasteiger partial charge in [0, 0.05) is 12.4 Å². The SMILES string of the molecule is O.O=S(=O)([O-])c1cccnc1.[CH2]=[Pd+]([c]1c[nH]nn1)[c]1ncccn1. The molecule has 0 aliphatic carbocycles. The number of aromatic amines is 1. The third-order valence-corrected chi connectivity index (χ3v) is 5.58. The standard InChI is InChI=1S/C5H5NO3S.C4H3N2.C2H2N3.CH2.H2O.Pd/c7-10(8,9)5-2-1-3-6-4-5;1-2-5-4-6-3-1;1-2-4-5-3-1;;;/h1-4H,(H,7,8,9);1-3H;1H,(H,3,4,5);2*1H2;/q;;;;;+1/p-1. The van der Waals surface area contributed by atoms with Gasteiger partial charge in [0.2, 0.25) is 0 Å². The Balaban J connectivity index is 0.000000238. The minimum atomic E-state index is -4.32. The number of pyridine rings is 1. The van der Waals surface area contributed by atoms with E-state index in [0.29, 0.717) is 0 Å². The van der Waals surface area contributed by atoms with Crippen LogP contribution in [0.2, 0.25) is 0 Å². The Kier molecular flexibility index (Phi) is 7.57. The van der Waals surface area contributed by atoms with Gasteiger partial charge in [-0.05, 0) is 12.1 Å². The van der Waals surface area contributed by atoms with Crippen molar-refractivity contribution in [1.29, 1.82) is 0 Å². The number of hydrogen-bond donors (Lipinski definition) is 1. The summed E-state index contributed by atoms with van der Waals surface area (Å²) < 4.78 is 32.3. The van der Waals surface area contributed by atoms with E-state index in [0.717, 1.165) is 14.7 Å². The molecule has 3 N–H and O–H groups in total. The molecular formula is C12H13N6O4PdS. The van der Waals surface area contributed by atoms with E-state index in [9.17, 15) is 13.0 Å². The molecule has 0 spiro atoms. The van der Waals surface area contributed by atoms with Crippen molar-refractivity contribution in [1.82, 2.24) is 30.4 Å². The molecule has 0 aromatic carbocycles. The number of aromatic nitrogens is 6. The fourth-order valence-corrected chi connectivity index (χ4v) is 3.36. The summed E-state index contributed by atoms with van der Waals surface area (Å²) in [6.45, 7) is 0. The van der Waals surface area contributed by atoms with Crippen molar-refractivity contribution in [3.8, 4) is 0 Å². The summed E-state index contributed by atoms with van der Waals surface area (Å²) in [5, 5.41) is 10.2. The van der Waals surface area contributed by atoms with Crippen LogP contribution in [0.4, 0.5) is 0 Å². The van der Waals surface area contributed by atoms with Crippen LogP contribution in [-0.4, -0.2) is 53.8 Å². The van der Waals surface area contributed by atoms with Crippen LogP contribution in [0.25, 0.3) is 0 Å². The van der Waals surface area contributed by atoms with Crippen molar-refractivity contribution >= 4 is 23.6 Å². The number of hydrogen-bond acceptors (Lipinski definition) is 8. The Bertz CT molecular complexity index is 859. The van der Waals surface area contributed by atoms with E-state index < -0.39 is 26.4 Å². The second kappa shape index (κ2) is 9.16. The molecule has 0 saturated carbocycles. The summed E-state index contributed by atoms with van der Waals surface area (Å²) in [7, 11) is -4.32. The summed E-state index contributed by atoms with van der Waals surface area (Å²) in [6, 6.07) is 4.38. The second-order valence-electron chi connectivity index (χ2n) is 3.70. The van der Waals surface area contributed by atoms with E-state index in [2.05, 4.69) is 35.4 Å². The second-order valence-corrected chi connectivity index (χ2v) is 8.06. The van der Waals surface area contributed by atoms with Gasteiger partial charge in [-0.15, -0.1) is 0 Å². The van der Waals surface area contributed by atoms with E-state index in [4.69, 9.17) is 0 Å². The summed E-state index contributed by atoms with van der Waals surface area (Å²) in [5.74, 6) is 0. The van der Waals surface area contributed by atoms with Crippen molar-refractivity contribution in [3.63, 3.8) is 0 Å². The molecule has 0 aliphatic heterocycles. The maximum atomic E-state index is 10.2. The molecule has 3 aromatic rings. The normalized spacial score (nSPS) is 10.8. The molecule has 0 amide bonds. The number of nitrogens with zero attached hydrogens (tertiary/aromatic N) is 5. The summed E-state index contributed by atoms with van der Waals surface area (Å²) >= 11 is -1.33. The van der Waals surface area contributed by atoms with Gasteiger partial charge in [0.15, 0.2) is 0 Å². The quantitative estimate of drug-likeness (QED) is 0.350. The van der Waals surface area contributed by atoms with Gasteiger partial charge in [0.25, 0.3) is 0 Å². The van der Waals surface area contributed by atoms with E-state index in [-0.39, 0.29) is 10.4 Å². The van der Waals surface area contributed by atoms with Crippen molar-refractivity contribution in [3.05, 3.63) is 49.2 Å². The first-order valence-corrected chi connectivity index (χ1v) is 9.92. The van der Waals surface area contributed by atoms with Crippen LogP contribution in [0.5, 0.6) is 0 Å². The van der Waals surface area contributed by atoms with Crippen molar-refractivity contribution in [2.75, 3.05) is 0 Å². The first kappa shape index (κ1) is 19.8. The third-order valence-electron chi connectivity index (χ3n) is 2.18. The van der Waals surface area contributed by atoms with Crippen LogP contribution in [-0.2, 0) is 26.4 Å². The molecule has 3 rings (SSSR count). The molecule has 131 valence electrons. The molecule has 24 heavy (non-hydrogen) atoms. The predicted octanol–water partition coefficient (Wildman–Crippen LogP) is -2.24. The van der Waals surface area contributed by atoms with Crippen LogP contribution in [0.3, 0.4) is 0 Å². The van der Waals surface area contributed by atoms with E-state index >= 15 is 0 Å². The van der Waals surface area contributed by atoms with Gasteiger partial charge in [-0.3, -0.25) is 4.98 Å². The van der Waals surface area contributed by atoms with Crippen LogP contribution in [0.15, 0.2) is 54.1 Å². The van der Waals surface area contributed by atoms with Gasteiger partial charge in [0.1, 0.15) is 10.1 Å². The fourth-order valence-electron chi connectivity index (χ4n) is 1.21. The first-order valence-electron chi connectivity index (χ1n) is 5.86. The number of nitrogens with one attached hydrogen (secondary N) is 1. The molecule has 12 heteroatoms.